The maximum atomic E-state index is 10.7. The van der Waals surface area contributed by atoms with E-state index >= 15 is 0 Å². The largest absolute Gasteiger partial charge is 0.394 e. The molecule has 4 unspecified atom stereocenters. The quantitative estimate of drug-likeness (QED) is 0.196. The first-order valence-corrected chi connectivity index (χ1v) is 6.84. The SMILES string of the molecule is O=CC(O)C(O[C@H]1O[C@H](CO)[C@@H](O)[C@H](O)[C@H]1O)C(O)C(O)CO. The fourth-order valence-electron chi connectivity index (χ4n) is 2.10. The first kappa shape index (κ1) is 20.3. The minimum absolute atomic E-state index is 0.0119. The third-order valence-electron chi connectivity index (χ3n) is 3.53. The van der Waals surface area contributed by atoms with Gasteiger partial charge in [0.2, 0.25) is 0 Å². The normalized spacial score (nSPS) is 37.0. The molecule has 1 heterocycles. The fourth-order valence-corrected chi connectivity index (χ4v) is 2.10. The van der Waals surface area contributed by atoms with Gasteiger partial charge in [-0.2, -0.15) is 0 Å². The number of hydrogen-bond donors (Lipinski definition) is 8. The lowest BCUT2D eigenvalue weighted by atomic mass is 9.98. The summed E-state index contributed by atoms with van der Waals surface area (Å²) in [5.74, 6) is 0. The van der Waals surface area contributed by atoms with Crippen molar-refractivity contribution < 1.29 is 55.1 Å². The van der Waals surface area contributed by atoms with Crippen LogP contribution in [-0.2, 0) is 14.3 Å². The Bertz CT molecular complexity index is 365. The van der Waals surface area contributed by atoms with E-state index in [1.165, 1.54) is 0 Å². The minimum atomic E-state index is -1.95. The maximum Gasteiger partial charge on any atom is 0.187 e. The minimum Gasteiger partial charge on any atom is -0.394 e. The molecule has 0 bridgehead atoms. The van der Waals surface area contributed by atoms with E-state index in [0.717, 1.165) is 0 Å². The van der Waals surface area contributed by atoms with Crippen LogP contribution >= 0.6 is 0 Å². The number of aliphatic hydroxyl groups excluding tert-OH is 8. The molecule has 0 aromatic heterocycles. The van der Waals surface area contributed by atoms with Gasteiger partial charge >= 0.3 is 0 Å². The third-order valence-corrected chi connectivity index (χ3v) is 3.53. The van der Waals surface area contributed by atoms with Crippen LogP contribution < -0.4 is 0 Å². The van der Waals surface area contributed by atoms with Gasteiger partial charge in [0.25, 0.3) is 0 Å². The van der Waals surface area contributed by atoms with Crippen molar-refractivity contribution in [1.82, 2.24) is 0 Å². The third kappa shape index (κ3) is 4.64. The molecule has 1 saturated heterocycles. The van der Waals surface area contributed by atoms with Crippen LogP contribution in [0.15, 0.2) is 0 Å². The van der Waals surface area contributed by atoms with Crippen molar-refractivity contribution >= 4 is 6.29 Å². The van der Waals surface area contributed by atoms with E-state index in [9.17, 15) is 35.4 Å². The molecule has 0 saturated carbocycles. The topological polar surface area (TPSA) is 197 Å². The van der Waals surface area contributed by atoms with Crippen LogP contribution in [0, 0.1) is 0 Å². The molecule has 0 aromatic carbocycles. The van der Waals surface area contributed by atoms with Gasteiger partial charge < -0.3 is 55.1 Å². The molecule has 0 spiro atoms. The van der Waals surface area contributed by atoms with Crippen LogP contribution in [0.25, 0.3) is 0 Å². The average Bonchev–Trinajstić information content (AvgIpc) is 2.57. The number of aldehydes is 1. The zero-order valence-electron chi connectivity index (χ0n) is 12.0. The molecule has 0 aromatic rings. The highest BCUT2D eigenvalue weighted by molar-refractivity contribution is 5.56. The Morgan fingerprint density at radius 2 is 1.65 bits per heavy atom. The zero-order chi connectivity index (χ0) is 17.7. The Balaban J connectivity index is 2.91. The highest BCUT2D eigenvalue weighted by Crippen LogP contribution is 2.24. The van der Waals surface area contributed by atoms with Gasteiger partial charge in [-0.1, -0.05) is 0 Å². The summed E-state index contributed by atoms with van der Waals surface area (Å²) < 4.78 is 10.0. The Labute approximate surface area is 130 Å². The molecule has 136 valence electrons. The van der Waals surface area contributed by atoms with E-state index in [2.05, 4.69) is 0 Å². The van der Waals surface area contributed by atoms with Crippen molar-refractivity contribution in [2.24, 2.45) is 0 Å². The fraction of sp³-hybridized carbons (Fsp3) is 0.917. The highest BCUT2D eigenvalue weighted by Gasteiger charge is 2.46. The molecular formula is C12H22O11. The van der Waals surface area contributed by atoms with Gasteiger partial charge in [0.15, 0.2) is 12.6 Å². The number of carbonyl (C=O) groups excluding carboxylic acids is 1. The summed E-state index contributed by atoms with van der Waals surface area (Å²) in [6.07, 6.45) is -15.7. The number of aliphatic hydroxyl groups is 8. The summed E-state index contributed by atoms with van der Waals surface area (Å²) in [6, 6.07) is 0. The zero-order valence-corrected chi connectivity index (χ0v) is 12.0. The molecule has 0 amide bonds. The molecule has 1 aliphatic rings. The summed E-state index contributed by atoms with van der Waals surface area (Å²) in [5, 5.41) is 75.6. The molecule has 8 N–H and O–H groups in total. The van der Waals surface area contributed by atoms with Crippen LogP contribution in [-0.4, -0.2) is 115 Å². The van der Waals surface area contributed by atoms with Gasteiger partial charge in [-0.15, -0.1) is 0 Å². The van der Waals surface area contributed by atoms with E-state index in [0.29, 0.717) is 0 Å². The van der Waals surface area contributed by atoms with Crippen LogP contribution in [0.1, 0.15) is 0 Å². The highest BCUT2D eigenvalue weighted by atomic mass is 16.7. The molecule has 11 nitrogen and oxygen atoms in total. The lowest BCUT2D eigenvalue weighted by molar-refractivity contribution is -0.324. The van der Waals surface area contributed by atoms with Crippen molar-refractivity contribution in [2.45, 2.75) is 55.1 Å². The molecular weight excluding hydrogens is 320 g/mol. The summed E-state index contributed by atoms with van der Waals surface area (Å²) >= 11 is 0. The second kappa shape index (κ2) is 8.94. The molecule has 11 heteroatoms. The van der Waals surface area contributed by atoms with E-state index in [1.807, 2.05) is 0 Å². The Hall–Kier alpha value is -0.730. The first-order chi connectivity index (χ1) is 10.8. The summed E-state index contributed by atoms with van der Waals surface area (Å²) in [4.78, 5) is 10.7. The summed E-state index contributed by atoms with van der Waals surface area (Å²) in [5.41, 5.74) is 0. The number of ether oxygens (including phenoxy) is 2. The van der Waals surface area contributed by atoms with Crippen LogP contribution in [0.5, 0.6) is 0 Å². The molecule has 1 fully saturated rings. The number of carbonyl (C=O) groups is 1. The Kier molecular flexibility index (Phi) is 7.89. The van der Waals surface area contributed by atoms with E-state index in [4.69, 9.17) is 19.7 Å². The number of hydrogen-bond acceptors (Lipinski definition) is 11. The Morgan fingerprint density at radius 1 is 1.04 bits per heavy atom. The molecule has 1 aliphatic heterocycles. The number of rotatable bonds is 8. The first-order valence-electron chi connectivity index (χ1n) is 6.84. The molecule has 1 rings (SSSR count). The van der Waals surface area contributed by atoms with Gasteiger partial charge in [-0.3, -0.25) is 0 Å². The molecule has 9 atom stereocenters. The van der Waals surface area contributed by atoms with E-state index in [1.54, 1.807) is 0 Å². The second-order valence-electron chi connectivity index (χ2n) is 5.17. The van der Waals surface area contributed by atoms with Crippen molar-refractivity contribution in [3.05, 3.63) is 0 Å². The second-order valence-corrected chi connectivity index (χ2v) is 5.17. The average molecular weight is 342 g/mol. The van der Waals surface area contributed by atoms with Crippen molar-refractivity contribution in [2.75, 3.05) is 13.2 Å². The lowest BCUT2D eigenvalue weighted by Crippen LogP contribution is -2.61. The predicted octanol–water partition coefficient (Wildman–Crippen LogP) is -5.55. The van der Waals surface area contributed by atoms with Crippen LogP contribution in [0.4, 0.5) is 0 Å². The van der Waals surface area contributed by atoms with Gasteiger partial charge in [-0.25, -0.2) is 0 Å². The predicted molar refractivity (Wildman–Crippen MR) is 69.8 cm³/mol. The molecule has 23 heavy (non-hydrogen) atoms. The van der Waals surface area contributed by atoms with Crippen molar-refractivity contribution in [3.8, 4) is 0 Å². The lowest BCUT2D eigenvalue weighted by Gasteiger charge is -2.41. The smallest absolute Gasteiger partial charge is 0.187 e. The molecule has 0 aliphatic carbocycles. The van der Waals surface area contributed by atoms with Gasteiger partial charge in [0, 0.05) is 0 Å². The standard InChI is InChI=1S/C12H22O11/c13-1-4(16)7(18)11(5(17)2-14)23-12-10(21)9(20)8(19)6(3-15)22-12/h2,4-13,15-21H,1,3H2/t4?,5?,6-,7?,8-,9+,10-,11?,12-/m1/s1. The van der Waals surface area contributed by atoms with Crippen LogP contribution in [0.2, 0.25) is 0 Å². The summed E-state index contributed by atoms with van der Waals surface area (Å²) in [7, 11) is 0. The van der Waals surface area contributed by atoms with Crippen molar-refractivity contribution in [1.29, 1.82) is 0 Å². The maximum absolute atomic E-state index is 10.7. The van der Waals surface area contributed by atoms with E-state index < -0.39 is 68.3 Å². The van der Waals surface area contributed by atoms with Gasteiger partial charge in [0.05, 0.1) is 13.2 Å². The monoisotopic (exact) mass is 342 g/mol. The summed E-state index contributed by atoms with van der Waals surface area (Å²) in [6.45, 7) is -1.63. The molecule has 0 radical (unpaired) electrons. The van der Waals surface area contributed by atoms with Gasteiger partial charge in [-0.05, 0) is 0 Å². The van der Waals surface area contributed by atoms with Gasteiger partial charge in [0.1, 0.15) is 48.8 Å². The Morgan fingerprint density at radius 3 is 2.13 bits per heavy atom. The van der Waals surface area contributed by atoms with Crippen molar-refractivity contribution in [3.63, 3.8) is 0 Å². The van der Waals surface area contributed by atoms with E-state index in [-0.39, 0.29) is 6.29 Å². The van der Waals surface area contributed by atoms with Crippen LogP contribution in [0.3, 0.4) is 0 Å².